The van der Waals surface area contributed by atoms with E-state index in [-0.39, 0.29) is 24.1 Å². The topological polar surface area (TPSA) is 68.6 Å². The number of thioether (sulfide) groups is 1. The number of carbonyl (C=O) groups excluding carboxylic acids is 2. The summed E-state index contributed by atoms with van der Waals surface area (Å²) in [6.07, 6.45) is 0.582. The average molecular weight is 542 g/mol. The Labute approximate surface area is 231 Å². The standard InChI is InChI=1S/C30H28FN5O2S/c31-24-12-6-4-8-21(24)20-39-30-32-25-13-7-5-11-23(25)28-33-29(38)26(36(28)30)14-15-27(37)35-18-16-34(17-19-35)22-9-2-1-3-10-22/h1-13,26H,14-20H2. The van der Waals surface area contributed by atoms with E-state index in [1.807, 2.05) is 52.3 Å². The van der Waals surface area contributed by atoms with E-state index in [0.29, 0.717) is 41.8 Å². The van der Waals surface area contributed by atoms with Crippen molar-refractivity contribution in [1.82, 2.24) is 9.80 Å². The highest BCUT2D eigenvalue weighted by molar-refractivity contribution is 8.13. The summed E-state index contributed by atoms with van der Waals surface area (Å²) in [5.41, 5.74) is 3.24. The van der Waals surface area contributed by atoms with Crippen LogP contribution in [0.3, 0.4) is 0 Å². The van der Waals surface area contributed by atoms with Gasteiger partial charge in [0.25, 0.3) is 5.91 Å². The number of amides is 2. The maximum atomic E-state index is 14.3. The predicted molar refractivity (Wildman–Crippen MR) is 153 cm³/mol. The fraction of sp³-hybridized carbons (Fsp3) is 0.267. The fourth-order valence-electron chi connectivity index (χ4n) is 5.21. The SMILES string of the molecule is O=C1N=C2c3ccccc3N=C(SCc3ccccc3F)N2C1CCC(=O)N1CCN(c2ccccc2)CC1. The van der Waals surface area contributed by atoms with Gasteiger partial charge in [0.05, 0.1) is 5.69 Å². The summed E-state index contributed by atoms with van der Waals surface area (Å²) in [7, 11) is 0. The van der Waals surface area contributed by atoms with Gasteiger partial charge in [0.1, 0.15) is 17.7 Å². The molecule has 3 aromatic rings. The highest BCUT2D eigenvalue weighted by Crippen LogP contribution is 2.36. The first-order valence-electron chi connectivity index (χ1n) is 13.1. The molecule has 1 atom stereocenters. The molecule has 6 rings (SSSR count). The highest BCUT2D eigenvalue weighted by atomic mass is 32.2. The summed E-state index contributed by atoms with van der Waals surface area (Å²) in [6, 6.07) is 23.8. The van der Waals surface area contributed by atoms with Crippen molar-refractivity contribution in [1.29, 1.82) is 0 Å². The second kappa shape index (κ2) is 11.0. The third-order valence-electron chi connectivity index (χ3n) is 7.31. The number of hydrogen-bond acceptors (Lipinski definition) is 6. The van der Waals surface area contributed by atoms with Crippen molar-refractivity contribution in [3.8, 4) is 0 Å². The molecule has 0 aliphatic carbocycles. The first kappa shape index (κ1) is 25.3. The molecule has 9 heteroatoms. The number of benzene rings is 3. The number of halogens is 1. The van der Waals surface area contributed by atoms with Crippen molar-refractivity contribution >= 4 is 46.0 Å². The molecular formula is C30H28FN5O2S. The molecule has 0 bridgehead atoms. The number of hydrogen-bond donors (Lipinski definition) is 0. The number of para-hydroxylation sites is 2. The Hall–Kier alpha value is -3.98. The summed E-state index contributed by atoms with van der Waals surface area (Å²) in [5.74, 6) is 0.405. The minimum absolute atomic E-state index is 0.0406. The Balaban J connectivity index is 1.14. The number of anilines is 1. The van der Waals surface area contributed by atoms with Gasteiger partial charge in [-0.1, -0.05) is 60.3 Å². The summed E-state index contributed by atoms with van der Waals surface area (Å²) in [6.45, 7) is 2.85. The summed E-state index contributed by atoms with van der Waals surface area (Å²) in [5, 5.41) is 0.593. The van der Waals surface area contributed by atoms with Crippen LogP contribution in [0.1, 0.15) is 24.0 Å². The molecule has 0 saturated carbocycles. The molecule has 39 heavy (non-hydrogen) atoms. The predicted octanol–water partition coefficient (Wildman–Crippen LogP) is 4.85. The van der Waals surface area contributed by atoms with Gasteiger partial charge < -0.3 is 9.80 Å². The second-order valence-electron chi connectivity index (χ2n) is 9.69. The molecule has 0 aromatic heterocycles. The van der Waals surface area contributed by atoms with Crippen LogP contribution < -0.4 is 4.90 Å². The molecule has 1 unspecified atom stereocenters. The summed E-state index contributed by atoms with van der Waals surface area (Å²) >= 11 is 1.37. The number of aliphatic imine (C=N–C) groups is 2. The van der Waals surface area contributed by atoms with Crippen molar-refractivity contribution in [2.75, 3.05) is 31.1 Å². The molecule has 0 radical (unpaired) electrons. The lowest BCUT2D eigenvalue weighted by Crippen LogP contribution is -2.49. The molecule has 3 aliphatic heterocycles. The molecule has 0 spiro atoms. The molecule has 2 amide bonds. The largest absolute Gasteiger partial charge is 0.368 e. The van der Waals surface area contributed by atoms with E-state index in [9.17, 15) is 14.0 Å². The quantitative estimate of drug-likeness (QED) is 0.447. The van der Waals surface area contributed by atoms with E-state index < -0.39 is 6.04 Å². The summed E-state index contributed by atoms with van der Waals surface area (Å²) in [4.78, 5) is 41.5. The van der Waals surface area contributed by atoms with Gasteiger partial charge in [-0.15, -0.1) is 0 Å². The monoisotopic (exact) mass is 541 g/mol. The summed E-state index contributed by atoms with van der Waals surface area (Å²) < 4.78 is 14.3. The number of piperazine rings is 1. The van der Waals surface area contributed by atoms with Crippen molar-refractivity contribution in [2.45, 2.75) is 24.6 Å². The van der Waals surface area contributed by atoms with Crippen LogP contribution in [0.5, 0.6) is 0 Å². The van der Waals surface area contributed by atoms with Crippen LogP contribution >= 0.6 is 11.8 Å². The third-order valence-corrected chi connectivity index (χ3v) is 8.31. The molecule has 0 N–H and O–H groups in total. The van der Waals surface area contributed by atoms with E-state index in [4.69, 9.17) is 4.99 Å². The second-order valence-corrected chi connectivity index (χ2v) is 10.6. The van der Waals surface area contributed by atoms with Crippen LogP contribution in [0.2, 0.25) is 0 Å². The Morgan fingerprint density at radius 3 is 2.41 bits per heavy atom. The maximum Gasteiger partial charge on any atom is 0.270 e. The van der Waals surface area contributed by atoms with Crippen LogP contribution in [-0.2, 0) is 15.3 Å². The zero-order valence-corrected chi connectivity index (χ0v) is 22.2. The van der Waals surface area contributed by atoms with Crippen LogP contribution in [-0.4, -0.2) is 64.8 Å². The lowest BCUT2D eigenvalue weighted by Gasteiger charge is -2.36. The van der Waals surface area contributed by atoms with Gasteiger partial charge in [-0.25, -0.2) is 9.38 Å². The van der Waals surface area contributed by atoms with Gasteiger partial charge in [-0.3, -0.25) is 14.5 Å². The first-order valence-corrected chi connectivity index (χ1v) is 14.1. The van der Waals surface area contributed by atoms with Crippen molar-refractivity contribution in [3.05, 3.63) is 95.8 Å². The molecule has 1 fully saturated rings. The van der Waals surface area contributed by atoms with Crippen molar-refractivity contribution in [3.63, 3.8) is 0 Å². The molecule has 1 saturated heterocycles. The van der Waals surface area contributed by atoms with Crippen LogP contribution in [0.25, 0.3) is 0 Å². The van der Waals surface area contributed by atoms with Gasteiger partial charge >= 0.3 is 0 Å². The maximum absolute atomic E-state index is 14.3. The van der Waals surface area contributed by atoms with Crippen LogP contribution in [0.4, 0.5) is 15.8 Å². The Morgan fingerprint density at radius 2 is 1.62 bits per heavy atom. The minimum atomic E-state index is -0.616. The highest BCUT2D eigenvalue weighted by Gasteiger charge is 2.42. The van der Waals surface area contributed by atoms with Crippen LogP contribution in [0, 0.1) is 5.82 Å². The minimum Gasteiger partial charge on any atom is -0.368 e. The molecule has 3 aromatic carbocycles. The Morgan fingerprint density at radius 1 is 0.897 bits per heavy atom. The Kier molecular flexibility index (Phi) is 7.15. The average Bonchev–Trinajstić information content (AvgIpc) is 3.32. The number of rotatable bonds is 6. The lowest BCUT2D eigenvalue weighted by molar-refractivity contribution is -0.131. The van der Waals surface area contributed by atoms with Gasteiger partial charge in [0.15, 0.2) is 5.17 Å². The van der Waals surface area contributed by atoms with E-state index in [2.05, 4.69) is 22.0 Å². The normalized spacial score (nSPS) is 18.4. The number of nitrogens with zero attached hydrogens (tertiary/aromatic N) is 5. The third kappa shape index (κ3) is 5.18. The molecule has 3 heterocycles. The van der Waals surface area contributed by atoms with Gasteiger partial charge in [-0.2, -0.15) is 4.99 Å². The van der Waals surface area contributed by atoms with Crippen LogP contribution in [0.15, 0.2) is 88.8 Å². The van der Waals surface area contributed by atoms with E-state index in [0.717, 1.165) is 30.0 Å². The van der Waals surface area contributed by atoms with Crippen molar-refractivity contribution in [2.24, 2.45) is 9.98 Å². The number of amidine groups is 2. The Bertz CT molecular complexity index is 1450. The zero-order valence-electron chi connectivity index (χ0n) is 21.4. The van der Waals surface area contributed by atoms with E-state index >= 15 is 0 Å². The van der Waals surface area contributed by atoms with Gasteiger partial charge in [0.2, 0.25) is 5.91 Å². The van der Waals surface area contributed by atoms with E-state index in [1.165, 1.54) is 17.8 Å². The molecular weight excluding hydrogens is 513 g/mol. The van der Waals surface area contributed by atoms with Gasteiger partial charge in [0, 0.05) is 49.6 Å². The van der Waals surface area contributed by atoms with Crippen molar-refractivity contribution < 1.29 is 14.0 Å². The lowest BCUT2D eigenvalue weighted by atomic mass is 10.1. The van der Waals surface area contributed by atoms with Gasteiger partial charge in [-0.05, 0) is 42.3 Å². The smallest absolute Gasteiger partial charge is 0.270 e. The van der Waals surface area contributed by atoms with E-state index in [1.54, 1.807) is 18.2 Å². The molecule has 3 aliphatic rings. The fourth-order valence-corrected chi connectivity index (χ4v) is 6.24. The molecule has 198 valence electrons. The number of carbonyl (C=O) groups is 2. The number of fused-ring (bicyclic) bond motifs is 3. The first-order chi connectivity index (χ1) is 19.1. The zero-order chi connectivity index (χ0) is 26.8. The molecule has 7 nitrogen and oxygen atoms in total.